The van der Waals surface area contributed by atoms with Gasteiger partial charge in [-0.3, -0.25) is 4.79 Å². The fourth-order valence-corrected chi connectivity index (χ4v) is 4.20. The Balaban J connectivity index is 1.62. The van der Waals surface area contributed by atoms with E-state index in [1.54, 1.807) is 0 Å². The predicted molar refractivity (Wildman–Crippen MR) is 125 cm³/mol. The molecule has 0 aliphatic rings. The first-order chi connectivity index (χ1) is 14.5. The third kappa shape index (κ3) is 4.48. The van der Waals surface area contributed by atoms with Gasteiger partial charge in [0.05, 0.1) is 11.3 Å². The van der Waals surface area contributed by atoms with Gasteiger partial charge >= 0.3 is 0 Å². The molecule has 4 nitrogen and oxygen atoms in total. The van der Waals surface area contributed by atoms with E-state index in [0.717, 1.165) is 38.3 Å². The Morgan fingerprint density at radius 3 is 2.43 bits per heavy atom. The lowest BCUT2D eigenvalue weighted by Gasteiger charge is -2.12. The Morgan fingerprint density at radius 1 is 0.967 bits per heavy atom. The second kappa shape index (κ2) is 8.86. The van der Waals surface area contributed by atoms with Crippen molar-refractivity contribution in [2.24, 2.45) is 0 Å². The van der Waals surface area contributed by atoms with E-state index in [0.29, 0.717) is 10.8 Å². The van der Waals surface area contributed by atoms with Crippen LogP contribution in [0.4, 0.5) is 5.69 Å². The summed E-state index contributed by atoms with van der Waals surface area (Å²) in [5.41, 5.74) is 4.67. The van der Waals surface area contributed by atoms with E-state index >= 15 is 0 Å². The molecule has 1 heterocycles. The lowest BCUT2D eigenvalue weighted by atomic mass is 10.1. The van der Waals surface area contributed by atoms with Gasteiger partial charge in [-0.2, -0.15) is 0 Å². The van der Waals surface area contributed by atoms with Gasteiger partial charge in [0.2, 0.25) is 5.91 Å². The molecular weight excluding hydrogens is 414 g/mol. The molecule has 0 atom stereocenters. The van der Waals surface area contributed by atoms with E-state index in [-0.39, 0.29) is 11.7 Å². The smallest absolute Gasteiger partial charge is 0.234 e. The zero-order valence-electron chi connectivity index (χ0n) is 16.6. The Morgan fingerprint density at radius 2 is 1.70 bits per heavy atom. The average Bonchev–Trinajstić information content (AvgIpc) is 2.75. The lowest BCUT2D eigenvalue weighted by molar-refractivity contribution is -0.113. The Kier molecular flexibility index (Phi) is 6.02. The van der Waals surface area contributed by atoms with Gasteiger partial charge in [-0.05, 0) is 43.2 Å². The summed E-state index contributed by atoms with van der Waals surface area (Å²) in [5.74, 6) is 0.788. The highest BCUT2D eigenvalue weighted by Crippen LogP contribution is 2.30. The van der Waals surface area contributed by atoms with E-state index in [1.165, 1.54) is 11.8 Å². The highest BCUT2D eigenvalue weighted by Gasteiger charge is 2.13. The molecule has 6 heteroatoms. The number of amides is 1. The van der Waals surface area contributed by atoms with Crippen LogP contribution >= 0.6 is 23.4 Å². The van der Waals surface area contributed by atoms with Crippen LogP contribution in [0, 0.1) is 13.8 Å². The number of para-hydroxylation sites is 1. The molecule has 30 heavy (non-hydrogen) atoms. The summed E-state index contributed by atoms with van der Waals surface area (Å²) in [6.07, 6.45) is 0. The van der Waals surface area contributed by atoms with Crippen molar-refractivity contribution in [3.05, 3.63) is 82.9 Å². The molecule has 150 valence electrons. The number of aryl methyl sites for hydroxylation is 2. The van der Waals surface area contributed by atoms with Gasteiger partial charge in [0.15, 0.2) is 5.82 Å². The molecular formula is C24H20ClN3OS. The van der Waals surface area contributed by atoms with E-state index in [9.17, 15) is 4.79 Å². The highest BCUT2D eigenvalue weighted by molar-refractivity contribution is 8.00. The van der Waals surface area contributed by atoms with Crippen LogP contribution in [0.5, 0.6) is 0 Å². The average molecular weight is 434 g/mol. The zero-order chi connectivity index (χ0) is 21.1. The van der Waals surface area contributed by atoms with Crippen molar-refractivity contribution in [1.82, 2.24) is 9.97 Å². The molecule has 0 unspecified atom stereocenters. The summed E-state index contributed by atoms with van der Waals surface area (Å²) < 4.78 is 0. The zero-order valence-corrected chi connectivity index (χ0v) is 18.2. The molecule has 4 rings (SSSR count). The van der Waals surface area contributed by atoms with E-state index in [2.05, 4.69) is 10.3 Å². The summed E-state index contributed by atoms with van der Waals surface area (Å²) >= 11 is 7.59. The summed E-state index contributed by atoms with van der Waals surface area (Å²) in [4.78, 5) is 22.1. The lowest BCUT2D eigenvalue weighted by Crippen LogP contribution is -2.16. The van der Waals surface area contributed by atoms with Crippen molar-refractivity contribution in [2.45, 2.75) is 18.9 Å². The molecule has 0 aliphatic heterocycles. The first-order valence-electron chi connectivity index (χ1n) is 9.53. The highest BCUT2D eigenvalue weighted by atomic mass is 35.5. The van der Waals surface area contributed by atoms with Gasteiger partial charge in [0.25, 0.3) is 0 Å². The summed E-state index contributed by atoms with van der Waals surface area (Å²) in [7, 11) is 0. The monoisotopic (exact) mass is 433 g/mol. The normalized spacial score (nSPS) is 10.9. The third-order valence-corrected chi connectivity index (χ3v) is 5.97. The molecule has 0 saturated heterocycles. The van der Waals surface area contributed by atoms with Crippen LogP contribution in [-0.2, 0) is 4.79 Å². The molecule has 0 aliphatic carbocycles. The van der Waals surface area contributed by atoms with Gasteiger partial charge in [0.1, 0.15) is 5.03 Å². The topological polar surface area (TPSA) is 54.9 Å². The minimum atomic E-state index is -0.0764. The number of carbonyl (C=O) groups excluding carboxylic acids is 1. The number of halogens is 1. The maximum Gasteiger partial charge on any atom is 0.234 e. The van der Waals surface area contributed by atoms with Crippen LogP contribution in [-0.4, -0.2) is 21.6 Å². The molecule has 4 aromatic rings. The molecule has 1 aromatic heterocycles. The minimum Gasteiger partial charge on any atom is -0.325 e. The van der Waals surface area contributed by atoms with Crippen molar-refractivity contribution >= 4 is 45.9 Å². The number of anilines is 1. The van der Waals surface area contributed by atoms with Gasteiger partial charge in [0, 0.05) is 21.7 Å². The number of nitrogens with zero attached hydrogens (tertiary/aromatic N) is 2. The molecule has 0 saturated carbocycles. The fraction of sp³-hybridized carbons (Fsp3) is 0.125. The Bertz CT molecular complexity index is 1210. The Labute approximate surface area is 184 Å². The van der Waals surface area contributed by atoms with Crippen molar-refractivity contribution in [3.63, 3.8) is 0 Å². The van der Waals surface area contributed by atoms with Crippen molar-refractivity contribution in [2.75, 3.05) is 11.1 Å². The second-order valence-electron chi connectivity index (χ2n) is 6.98. The van der Waals surface area contributed by atoms with Crippen LogP contribution in [0.15, 0.2) is 71.8 Å². The van der Waals surface area contributed by atoms with Crippen LogP contribution < -0.4 is 5.32 Å². The van der Waals surface area contributed by atoms with Gasteiger partial charge in [-0.25, -0.2) is 9.97 Å². The number of hydrogen-bond acceptors (Lipinski definition) is 4. The summed E-state index contributed by atoms with van der Waals surface area (Å²) in [6, 6.07) is 21.3. The number of fused-ring (bicyclic) bond motifs is 1. The second-order valence-corrected chi connectivity index (χ2v) is 8.38. The largest absolute Gasteiger partial charge is 0.325 e. The van der Waals surface area contributed by atoms with Crippen LogP contribution in [0.2, 0.25) is 5.02 Å². The number of rotatable bonds is 5. The number of benzene rings is 3. The van der Waals surface area contributed by atoms with Crippen LogP contribution in [0.3, 0.4) is 0 Å². The number of hydrogen-bond donors (Lipinski definition) is 1. The molecule has 0 fully saturated rings. The first-order valence-corrected chi connectivity index (χ1v) is 10.9. The van der Waals surface area contributed by atoms with E-state index in [1.807, 2.05) is 80.6 Å². The molecule has 0 spiro atoms. The summed E-state index contributed by atoms with van der Waals surface area (Å²) in [6.45, 7) is 3.98. The quantitative estimate of drug-likeness (QED) is 0.296. The number of carbonyl (C=O) groups is 1. The van der Waals surface area contributed by atoms with E-state index in [4.69, 9.17) is 16.6 Å². The molecule has 3 aromatic carbocycles. The first kappa shape index (κ1) is 20.4. The SMILES string of the molecule is Cc1cccc(C)c1NC(=O)CSc1nc(-c2ccccc2)nc2ccc(Cl)cc12. The Hall–Kier alpha value is -2.89. The van der Waals surface area contributed by atoms with Gasteiger partial charge < -0.3 is 5.32 Å². The van der Waals surface area contributed by atoms with Gasteiger partial charge in [-0.15, -0.1) is 0 Å². The van der Waals surface area contributed by atoms with Crippen molar-refractivity contribution in [1.29, 1.82) is 0 Å². The van der Waals surface area contributed by atoms with Gasteiger partial charge in [-0.1, -0.05) is 71.9 Å². The predicted octanol–water partition coefficient (Wildman–Crippen LogP) is 6.30. The summed E-state index contributed by atoms with van der Waals surface area (Å²) in [5, 5.41) is 5.21. The van der Waals surface area contributed by atoms with E-state index < -0.39 is 0 Å². The number of thioether (sulfide) groups is 1. The molecule has 1 N–H and O–H groups in total. The molecule has 1 amide bonds. The minimum absolute atomic E-state index is 0.0764. The third-order valence-electron chi connectivity index (χ3n) is 4.74. The van der Waals surface area contributed by atoms with Crippen LogP contribution in [0.1, 0.15) is 11.1 Å². The van der Waals surface area contributed by atoms with Crippen molar-refractivity contribution < 1.29 is 4.79 Å². The standard InChI is InChI=1S/C24H20ClN3OS/c1-15-7-6-8-16(2)22(15)27-21(29)14-30-24-19-13-18(25)11-12-20(19)26-23(28-24)17-9-4-3-5-10-17/h3-13H,14H2,1-2H3,(H,27,29). The van der Waals surface area contributed by atoms with Crippen molar-refractivity contribution in [3.8, 4) is 11.4 Å². The maximum atomic E-state index is 12.6. The maximum absolute atomic E-state index is 12.6. The number of aromatic nitrogens is 2. The fourth-order valence-electron chi connectivity index (χ4n) is 3.22. The molecule has 0 bridgehead atoms. The molecule has 0 radical (unpaired) electrons. The van der Waals surface area contributed by atoms with Crippen LogP contribution in [0.25, 0.3) is 22.3 Å². The number of nitrogens with one attached hydrogen (secondary N) is 1.